The van der Waals surface area contributed by atoms with Gasteiger partial charge in [0.1, 0.15) is 5.75 Å². The smallest absolute Gasteiger partial charge is 0.339 e. The van der Waals surface area contributed by atoms with Crippen molar-refractivity contribution >= 4 is 15.7 Å². The molecule has 146 valence electrons. The summed E-state index contributed by atoms with van der Waals surface area (Å²) >= 11 is 0. The minimum atomic E-state index is -4.53. The predicted octanol–water partition coefficient (Wildman–Crippen LogP) is 3.80. The van der Waals surface area contributed by atoms with E-state index in [1.807, 2.05) is 6.92 Å². The number of hydrogen-bond acceptors (Lipinski definition) is 3. The molecule has 4 nitrogen and oxygen atoms in total. The fraction of sp³-hybridized carbons (Fsp3) is 0.611. The number of benzene rings is 1. The summed E-state index contributed by atoms with van der Waals surface area (Å²) in [5, 5.41) is 0. The summed E-state index contributed by atoms with van der Waals surface area (Å²) in [5.74, 6) is -1.72. The van der Waals surface area contributed by atoms with Crippen LogP contribution >= 0.6 is 0 Å². The standard InChI is InChI=1S/C18H24F3NO3S/c1-2-22(16-9-4-3-5-10-16)17(23)13-26(24,25)12-14-7-6-8-15(11-14)18(19,20)21/h6-8,11,16H,2-5,9-10,12-13H2,1H3. The highest BCUT2D eigenvalue weighted by Crippen LogP contribution is 2.30. The van der Waals surface area contributed by atoms with Crippen molar-refractivity contribution in [3.05, 3.63) is 35.4 Å². The van der Waals surface area contributed by atoms with Crippen LogP contribution in [0.3, 0.4) is 0 Å². The molecule has 1 aromatic rings. The second kappa shape index (κ2) is 8.41. The summed E-state index contributed by atoms with van der Waals surface area (Å²) in [6.45, 7) is 2.24. The van der Waals surface area contributed by atoms with Crippen LogP contribution in [-0.2, 0) is 26.6 Å². The highest BCUT2D eigenvalue weighted by molar-refractivity contribution is 7.91. The van der Waals surface area contributed by atoms with Gasteiger partial charge < -0.3 is 4.90 Å². The van der Waals surface area contributed by atoms with E-state index in [0.717, 1.165) is 44.2 Å². The van der Waals surface area contributed by atoms with Crippen LogP contribution in [-0.4, -0.2) is 37.6 Å². The number of carbonyl (C=O) groups is 1. The maximum absolute atomic E-state index is 12.8. The molecular weight excluding hydrogens is 367 g/mol. The lowest BCUT2D eigenvalue weighted by Crippen LogP contribution is -2.44. The summed E-state index contributed by atoms with van der Waals surface area (Å²) in [7, 11) is -3.85. The second-order valence-electron chi connectivity index (χ2n) is 6.70. The Hall–Kier alpha value is -1.57. The number of sulfone groups is 1. The van der Waals surface area contributed by atoms with E-state index < -0.39 is 39.0 Å². The molecule has 26 heavy (non-hydrogen) atoms. The van der Waals surface area contributed by atoms with Gasteiger partial charge in [-0.25, -0.2) is 8.42 Å². The highest BCUT2D eigenvalue weighted by Gasteiger charge is 2.31. The molecule has 0 spiro atoms. The van der Waals surface area contributed by atoms with Crippen molar-refractivity contribution < 1.29 is 26.4 Å². The Bertz CT molecular complexity index is 725. The molecule has 0 aliphatic heterocycles. The van der Waals surface area contributed by atoms with Crippen LogP contribution in [0.5, 0.6) is 0 Å². The quantitative estimate of drug-likeness (QED) is 0.741. The number of carbonyl (C=O) groups excluding carboxylic acids is 1. The Labute approximate surface area is 152 Å². The van der Waals surface area contributed by atoms with Crippen LogP contribution in [0, 0.1) is 0 Å². The third kappa shape index (κ3) is 5.72. The molecule has 1 saturated carbocycles. The average molecular weight is 391 g/mol. The molecule has 1 aliphatic rings. The molecule has 0 saturated heterocycles. The SMILES string of the molecule is CCN(C(=O)CS(=O)(=O)Cc1cccc(C(F)(F)F)c1)C1CCCCC1. The van der Waals surface area contributed by atoms with E-state index in [9.17, 15) is 26.4 Å². The van der Waals surface area contributed by atoms with Crippen LogP contribution in [0.1, 0.15) is 50.2 Å². The van der Waals surface area contributed by atoms with E-state index in [0.29, 0.717) is 6.54 Å². The van der Waals surface area contributed by atoms with Gasteiger partial charge in [-0.15, -0.1) is 0 Å². The zero-order chi connectivity index (χ0) is 19.4. The van der Waals surface area contributed by atoms with E-state index in [-0.39, 0.29) is 11.6 Å². The molecule has 2 rings (SSSR count). The third-order valence-electron chi connectivity index (χ3n) is 4.66. The zero-order valence-electron chi connectivity index (χ0n) is 14.8. The lowest BCUT2D eigenvalue weighted by atomic mass is 9.94. The number of hydrogen-bond donors (Lipinski definition) is 0. The first kappa shape index (κ1) is 20.7. The summed E-state index contributed by atoms with van der Waals surface area (Å²) < 4.78 is 63.0. The van der Waals surface area contributed by atoms with Crippen molar-refractivity contribution in [2.24, 2.45) is 0 Å². The number of alkyl halides is 3. The first-order chi connectivity index (χ1) is 12.1. The van der Waals surface area contributed by atoms with Gasteiger partial charge >= 0.3 is 6.18 Å². The Morgan fingerprint density at radius 3 is 2.42 bits per heavy atom. The Kier molecular flexibility index (Phi) is 6.71. The van der Waals surface area contributed by atoms with Gasteiger partial charge in [-0.2, -0.15) is 13.2 Å². The molecule has 1 aromatic carbocycles. The molecule has 0 bridgehead atoms. The number of amides is 1. The van der Waals surface area contributed by atoms with Crippen molar-refractivity contribution in [1.29, 1.82) is 0 Å². The second-order valence-corrected chi connectivity index (χ2v) is 8.77. The topological polar surface area (TPSA) is 54.5 Å². The van der Waals surface area contributed by atoms with Crippen molar-refractivity contribution in [3.8, 4) is 0 Å². The molecule has 0 atom stereocenters. The van der Waals surface area contributed by atoms with E-state index in [2.05, 4.69) is 0 Å². The van der Waals surface area contributed by atoms with Gasteiger partial charge in [-0.05, 0) is 31.4 Å². The lowest BCUT2D eigenvalue weighted by Gasteiger charge is -2.33. The summed E-state index contributed by atoms with van der Waals surface area (Å²) in [6.07, 6.45) is 0.364. The summed E-state index contributed by atoms with van der Waals surface area (Å²) in [5.41, 5.74) is -0.859. The fourth-order valence-corrected chi connectivity index (χ4v) is 4.78. The highest BCUT2D eigenvalue weighted by atomic mass is 32.2. The van der Waals surface area contributed by atoms with Crippen LogP contribution in [0.4, 0.5) is 13.2 Å². The minimum absolute atomic E-state index is 0.0355. The maximum Gasteiger partial charge on any atom is 0.416 e. The molecular formula is C18H24F3NO3S. The van der Waals surface area contributed by atoms with Crippen LogP contribution in [0.25, 0.3) is 0 Å². The van der Waals surface area contributed by atoms with Crippen molar-refractivity contribution in [3.63, 3.8) is 0 Å². The van der Waals surface area contributed by atoms with E-state index >= 15 is 0 Å². The predicted molar refractivity (Wildman–Crippen MR) is 93.2 cm³/mol. The Morgan fingerprint density at radius 1 is 1.19 bits per heavy atom. The number of halogens is 3. The Balaban J connectivity index is 2.06. The summed E-state index contributed by atoms with van der Waals surface area (Å²) in [6, 6.07) is 4.28. The fourth-order valence-electron chi connectivity index (χ4n) is 3.44. The van der Waals surface area contributed by atoms with Gasteiger partial charge in [0.2, 0.25) is 5.91 Å². The molecule has 0 N–H and O–H groups in total. The Morgan fingerprint density at radius 2 is 1.85 bits per heavy atom. The average Bonchev–Trinajstić information content (AvgIpc) is 2.55. The van der Waals surface area contributed by atoms with Gasteiger partial charge in [0.05, 0.1) is 11.3 Å². The molecule has 0 radical (unpaired) electrons. The normalized spacial score (nSPS) is 16.5. The number of nitrogens with zero attached hydrogens (tertiary/aromatic N) is 1. The van der Waals surface area contributed by atoms with E-state index in [4.69, 9.17) is 0 Å². The largest absolute Gasteiger partial charge is 0.416 e. The van der Waals surface area contributed by atoms with E-state index in [1.54, 1.807) is 4.90 Å². The zero-order valence-corrected chi connectivity index (χ0v) is 15.6. The van der Waals surface area contributed by atoms with Crippen LogP contribution in [0.2, 0.25) is 0 Å². The molecule has 8 heteroatoms. The minimum Gasteiger partial charge on any atom is -0.339 e. The van der Waals surface area contributed by atoms with Gasteiger partial charge in [0.25, 0.3) is 0 Å². The van der Waals surface area contributed by atoms with Gasteiger partial charge in [0.15, 0.2) is 9.84 Å². The van der Waals surface area contributed by atoms with Crippen LogP contribution in [0.15, 0.2) is 24.3 Å². The monoisotopic (exact) mass is 391 g/mol. The van der Waals surface area contributed by atoms with Crippen molar-refractivity contribution in [2.45, 2.75) is 57.0 Å². The maximum atomic E-state index is 12.8. The van der Waals surface area contributed by atoms with Crippen molar-refractivity contribution in [1.82, 2.24) is 4.90 Å². The van der Waals surface area contributed by atoms with Crippen LogP contribution < -0.4 is 0 Å². The first-order valence-electron chi connectivity index (χ1n) is 8.78. The molecule has 1 fully saturated rings. The van der Waals surface area contributed by atoms with Gasteiger partial charge in [-0.1, -0.05) is 37.5 Å². The van der Waals surface area contributed by atoms with Gasteiger partial charge in [-0.3, -0.25) is 4.79 Å². The van der Waals surface area contributed by atoms with E-state index in [1.165, 1.54) is 12.1 Å². The molecule has 0 aromatic heterocycles. The first-order valence-corrected chi connectivity index (χ1v) is 10.6. The molecule has 0 heterocycles. The molecule has 1 amide bonds. The number of rotatable bonds is 6. The molecule has 0 unspecified atom stereocenters. The lowest BCUT2D eigenvalue weighted by molar-refractivity contribution is -0.137. The van der Waals surface area contributed by atoms with Gasteiger partial charge in [0, 0.05) is 12.6 Å². The molecule has 1 aliphatic carbocycles. The summed E-state index contributed by atoms with van der Waals surface area (Å²) in [4.78, 5) is 14.1. The third-order valence-corrected chi connectivity index (χ3v) is 6.12. The van der Waals surface area contributed by atoms with Crippen molar-refractivity contribution in [2.75, 3.05) is 12.3 Å².